The van der Waals surface area contributed by atoms with Crippen molar-refractivity contribution in [2.24, 2.45) is 16.5 Å². The van der Waals surface area contributed by atoms with Crippen molar-refractivity contribution < 1.29 is 19.4 Å². The van der Waals surface area contributed by atoms with Gasteiger partial charge in [-0.15, -0.1) is 0 Å². The van der Waals surface area contributed by atoms with Crippen LogP contribution in [0.1, 0.15) is 47.2 Å². The van der Waals surface area contributed by atoms with E-state index in [2.05, 4.69) is 10.3 Å². The van der Waals surface area contributed by atoms with E-state index < -0.39 is 17.9 Å². The van der Waals surface area contributed by atoms with Crippen molar-refractivity contribution in [1.82, 2.24) is 5.32 Å². The van der Waals surface area contributed by atoms with Crippen LogP contribution in [0.5, 0.6) is 5.75 Å². The Kier molecular flexibility index (Phi) is 7.61. The first-order valence-corrected chi connectivity index (χ1v) is 10.4. The summed E-state index contributed by atoms with van der Waals surface area (Å²) in [6.07, 6.45) is 4.96. The molecule has 0 spiro atoms. The van der Waals surface area contributed by atoms with Gasteiger partial charge >= 0.3 is 5.97 Å². The Balaban J connectivity index is 1.57. The van der Waals surface area contributed by atoms with Crippen LogP contribution in [0.15, 0.2) is 53.5 Å². The summed E-state index contributed by atoms with van der Waals surface area (Å²) < 4.78 is 6.11. The number of carbonyl (C=O) groups is 2. The average Bonchev–Trinajstić information content (AvgIpc) is 3.26. The first-order chi connectivity index (χ1) is 14.9. The summed E-state index contributed by atoms with van der Waals surface area (Å²) in [4.78, 5) is 27.1. The molecular weight excluding hydrogens is 396 g/mol. The molecule has 0 aromatic heterocycles. The highest BCUT2D eigenvalue weighted by atomic mass is 16.5. The third-order valence-corrected chi connectivity index (χ3v) is 5.22. The normalized spacial score (nSPS) is 15.5. The van der Waals surface area contributed by atoms with Crippen LogP contribution in [0.4, 0.5) is 0 Å². The van der Waals surface area contributed by atoms with Crippen LogP contribution in [0.3, 0.4) is 0 Å². The van der Waals surface area contributed by atoms with Gasteiger partial charge < -0.3 is 26.6 Å². The van der Waals surface area contributed by atoms with Gasteiger partial charge in [0, 0.05) is 17.7 Å². The molecule has 8 heteroatoms. The van der Waals surface area contributed by atoms with E-state index in [-0.39, 0.29) is 18.5 Å². The topological polar surface area (TPSA) is 140 Å². The SMILES string of the molecule is NC(=NC(=O)c1ccc(CC(N)C(=O)O)cc1)NCc1ccccc1OC1CCCC1. The van der Waals surface area contributed by atoms with Gasteiger partial charge in [-0.25, -0.2) is 0 Å². The molecule has 6 N–H and O–H groups in total. The van der Waals surface area contributed by atoms with Gasteiger partial charge in [0.1, 0.15) is 11.8 Å². The van der Waals surface area contributed by atoms with Gasteiger partial charge in [0.25, 0.3) is 5.91 Å². The minimum Gasteiger partial charge on any atom is -0.490 e. The number of carbonyl (C=O) groups excluding carboxylic acids is 1. The number of guanidine groups is 1. The molecule has 0 radical (unpaired) electrons. The molecule has 0 bridgehead atoms. The number of carboxylic acid groups (broad SMARTS) is 1. The third-order valence-electron chi connectivity index (χ3n) is 5.22. The Morgan fingerprint density at radius 1 is 1.13 bits per heavy atom. The van der Waals surface area contributed by atoms with Crippen LogP contribution in [-0.4, -0.2) is 35.1 Å². The van der Waals surface area contributed by atoms with E-state index in [1.165, 1.54) is 12.8 Å². The number of hydrogen-bond acceptors (Lipinski definition) is 4. The Labute approximate surface area is 181 Å². The van der Waals surface area contributed by atoms with Gasteiger partial charge in [-0.2, -0.15) is 4.99 Å². The summed E-state index contributed by atoms with van der Waals surface area (Å²) in [7, 11) is 0. The maximum Gasteiger partial charge on any atom is 0.320 e. The van der Waals surface area contributed by atoms with Gasteiger partial charge in [0.2, 0.25) is 0 Å². The lowest BCUT2D eigenvalue weighted by atomic mass is 10.0. The number of nitrogens with two attached hydrogens (primary N) is 2. The lowest BCUT2D eigenvalue weighted by Crippen LogP contribution is -2.32. The number of carboxylic acids is 1. The van der Waals surface area contributed by atoms with E-state index in [1.54, 1.807) is 24.3 Å². The molecule has 1 aliphatic carbocycles. The Bertz CT molecular complexity index is 937. The number of aliphatic carboxylic acids is 1. The molecule has 31 heavy (non-hydrogen) atoms. The molecule has 1 fully saturated rings. The highest BCUT2D eigenvalue weighted by Crippen LogP contribution is 2.26. The monoisotopic (exact) mass is 424 g/mol. The fourth-order valence-electron chi connectivity index (χ4n) is 3.47. The van der Waals surface area contributed by atoms with Gasteiger partial charge in [-0.05, 0) is 55.9 Å². The van der Waals surface area contributed by atoms with Crippen LogP contribution >= 0.6 is 0 Å². The Morgan fingerprint density at radius 3 is 2.48 bits per heavy atom. The maximum absolute atomic E-state index is 12.4. The zero-order valence-electron chi connectivity index (χ0n) is 17.3. The summed E-state index contributed by atoms with van der Waals surface area (Å²) >= 11 is 0. The maximum atomic E-state index is 12.4. The third kappa shape index (κ3) is 6.55. The second-order valence-corrected chi connectivity index (χ2v) is 7.63. The van der Waals surface area contributed by atoms with Crippen LogP contribution < -0.4 is 21.5 Å². The number of hydrogen-bond donors (Lipinski definition) is 4. The highest BCUT2D eigenvalue weighted by molar-refractivity contribution is 6.02. The summed E-state index contributed by atoms with van der Waals surface area (Å²) in [5, 5.41) is 11.8. The lowest BCUT2D eigenvalue weighted by Gasteiger charge is -2.17. The molecule has 1 amide bonds. The van der Waals surface area contributed by atoms with E-state index in [4.69, 9.17) is 21.3 Å². The van der Waals surface area contributed by atoms with Crippen molar-refractivity contribution in [2.45, 2.75) is 50.8 Å². The van der Waals surface area contributed by atoms with E-state index >= 15 is 0 Å². The molecule has 0 aliphatic heterocycles. The molecule has 1 saturated carbocycles. The number of nitrogens with one attached hydrogen (secondary N) is 1. The van der Waals surface area contributed by atoms with E-state index in [9.17, 15) is 9.59 Å². The first kappa shape index (κ1) is 22.3. The summed E-state index contributed by atoms with van der Waals surface area (Å²) in [5.41, 5.74) is 13.4. The van der Waals surface area contributed by atoms with Crippen LogP contribution in [-0.2, 0) is 17.8 Å². The summed E-state index contributed by atoms with van der Waals surface area (Å²) in [6.45, 7) is 0.386. The van der Waals surface area contributed by atoms with Crippen molar-refractivity contribution in [3.05, 3.63) is 65.2 Å². The van der Waals surface area contributed by atoms with Crippen LogP contribution in [0.25, 0.3) is 0 Å². The largest absolute Gasteiger partial charge is 0.490 e. The van der Waals surface area contributed by atoms with E-state index in [1.807, 2.05) is 24.3 Å². The molecule has 1 atom stereocenters. The molecule has 0 saturated heterocycles. The molecular formula is C23H28N4O4. The van der Waals surface area contributed by atoms with Crippen LogP contribution in [0.2, 0.25) is 0 Å². The lowest BCUT2D eigenvalue weighted by molar-refractivity contribution is -0.138. The minimum absolute atomic E-state index is 0.0117. The molecule has 2 aromatic carbocycles. The number of nitrogens with zero attached hydrogens (tertiary/aromatic N) is 1. The second kappa shape index (κ2) is 10.6. The highest BCUT2D eigenvalue weighted by Gasteiger charge is 2.18. The van der Waals surface area contributed by atoms with Crippen LogP contribution in [0, 0.1) is 0 Å². The predicted octanol–water partition coefficient (Wildman–Crippen LogP) is 2.21. The quantitative estimate of drug-likeness (QED) is 0.376. The fraction of sp³-hybridized carbons (Fsp3) is 0.348. The number of rotatable bonds is 8. The standard InChI is InChI=1S/C23H28N4O4/c24-19(22(29)30)13-15-9-11-16(12-10-15)21(28)27-23(25)26-14-17-5-1-4-8-20(17)31-18-6-2-3-7-18/h1,4-5,8-12,18-19H,2-3,6-7,13-14,24H2,(H,29,30)(H3,25,26,27,28). The predicted molar refractivity (Wildman–Crippen MR) is 118 cm³/mol. The molecule has 3 rings (SSSR count). The number of amides is 1. The first-order valence-electron chi connectivity index (χ1n) is 10.4. The minimum atomic E-state index is -1.07. The number of benzene rings is 2. The number of aliphatic imine (C=N–C) groups is 1. The fourth-order valence-corrected chi connectivity index (χ4v) is 3.47. The molecule has 8 nitrogen and oxygen atoms in total. The number of para-hydroxylation sites is 1. The van der Waals surface area contributed by atoms with Gasteiger partial charge in [-0.3, -0.25) is 9.59 Å². The van der Waals surface area contributed by atoms with Crippen molar-refractivity contribution in [1.29, 1.82) is 0 Å². The molecule has 164 valence electrons. The van der Waals surface area contributed by atoms with E-state index in [0.29, 0.717) is 12.1 Å². The average molecular weight is 425 g/mol. The summed E-state index contributed by atoms with van der Waals surface area (Å²) in [5.74, 6) is -0.734. The Morgan fingerprint density at radius 2 is 1.81 bits per heavy atom. The Hall–Kier alpha value is -3.39. The van der Waals surface area contributed by atoms with E-state index in [0.717, 1.165) is 29.7 Å². The van der Waals surface area contributed by atoms with Crippen molar-refractivity contribution >= 4 is 17.8 Å². The smallest absolute Gasteiger partial charge is 0.320 e. The zero-order valence-corrected chi connectivity index (χ0v) is 17.3. The van der Waals surface area contributed by atoms with Gasteiger partial charge in [-0.1, -0.05) is 30.3 Å². The molecule has 1 aliphatic rings. The van der Waals surface area contributed by atoms with Gasteiger partial charge in [0.05, 0.1) is 6.10 Å². The number of ether oxygens (including phenoxy) is 1. The zero-order chi connectivity index (χ0) is 22.2. The van der Waals surface area contributed by atoms with Gasteiger partial charge in [0.15, 0.2) is 5.96 Å². The van der Waals surface area contributed by atoms with Crippen molar-refractivity contribution in [3.8, 4) is 5.75 Å². The second-order valence-electron chi connectivity index (χ2n) is 7.63. The molecule has 1 unspecified atom stereocenters. The molecule has 2 aromatic rings. The van der Waals surface area contributed by atoms with Crippen molar-refractivity contribution in [2.75, 3.05) is 0 Å². The van der Waals surface area contributed by atoms with Crippen molar-refractivity contribution in [3.63, 3.8) is 0 Å². The summed E-state index contributed by atoms with van der Waals surface area (Å²) in [6, 6.07) is 13.2. The molecule has 0 heterocycles.